The van der Waals surface area contributed by atoms with E-state index in [9.17, 15) is 0 Å². The summed E-state index contributed by atoms with van der Waals surface area (Å²) in [6.45, 7) is 7.18. The molecule has 1 aromatic carbocycles. The first-order chi connectivity index (χ1) is 16.0. The van der Waals surface area contributed by atoms with Crippen molar-refractivity contribution < 1.29 is 0 Å². The number of aromatic nitrogens is 3. The van der Waals surface area contributed by atoms with Crippen LogP contribution in [-0.4, -0.2) is 24.5 Å². The molecule has 1 fully saturated rings. The molecule has 4 aromatic rings. The van der Waals surface area contributed by atoms with Gasteiger partial charge >= 0.3 is 0 Å². The highest BCUT2D eigenvalue weighted by Crippen LogP contribution is 2.42. The van der Waals surface area contributed by atoms with E-state index in [4.69, 9.17) is 12.2 Å². The molecule has 1 saturated heterocycles. The van der Waals surface area contributed by atoms with Crippen molar-refractivity contribution in [3.8, 4) is 5.69 Å². The summed E-state index contributed by atoms with van der Waals surface area (Å²) >= 11 is 5.85. The van der Waals surface area contributed by atoms with E-state index in [0.29, 0.717) is 6.54 Å². The fourth-order valence-electron chi connectivity index (χ4n) is 4.85. The molecular formula is C27H27N5S. The van der Waals surface area contributed by atoms with Crippen LogP contribution in [0.25, 0.3) is 5.69 Å². The van der Waals surface area contributed by atoms with Crippen molar-refractivity contribution in [3.05, 3.63) is 113 Å². The van der Waals surface area contributed by atoms with Gasteiger partial charge in [-0.25, -0.2) is 0 Å². The van der Waals surface area contributed by atoms with Gasteiger partial charge in [0.2, 0.25) is 0 Å². The van der Waals surface area contributed by atoms with E-state index >= 15 is 0 Å². The minimum atomic E-state index is -0.0400. The van der Waals surface area contributed by atoms with Gasteiger partial charge in [0.25, 0.3) is 0 Å². The van der Waals surface area contributed by atoms with Gasteiger partial charge in [-0.05, 0) is 86.1 Å². The Morgan fingerprint density at radius 2 is 1.85 bits per heavy atom. The highest BCUT2D eigenvalue weighted by molar-refractivity contribution is 7.80. The standard InChI is InChI=1S/C27H27N5S/c1-18-8-6-10-22(14-18)32-19(2)15-23(20(32)3)26-25(24-11-4-5-13-29-24)30-27(33)31(26)17-21-9-7-12-28-16-21/h4-16,25-26H,17H2,1-3H3,(H,30,33)/t25-,26+/m0/s1. The van der Waals surface area contributed by atoms with Crippen molar-refractivity contribution in [1.82, 2.24) is 24.8 Å². The van der Waals surface area contributed by atoms with Crippen LogP contribution in [0.5, 0.6) is 0 Å². The first-order valence-electron chi connectivity index (χ1n) is 11.2. The zero-order chi connectivity index (χ0) is 22.9. The molecule has 1 aliphatic rings. The first kappa shape index (κ1) is 21.3. The number of nitrogens with one attached hydrogen (secondary N) is 1. The fraction of sp³-hybridized carbons (Fsp3) is 0.222. The molecule has 0 saturated carbocycles. The van der Waals surface area contributed by atoms with Crippen molar-refractivity contribution >= 4 is 17.3 Å². The van der Waals surface area contributed by atoms with Crippen LogP contribution in [0.1, 0.15) is 45.9 Å². The van der Waals surface area contributed by atoms with Gasteiger partial charge in [-0.15, -0.1) is 0 Å². The van der Waals surface area contributed by atoms with Crippen molar-refractivity contribution in [2.75, 3.05) is 0 Å². The zero-order valence-corrected chi connectivity index (χ0v) is 19.9. The Hall–Kier alpha value is -3.51. The van der Waals surface area contributed by atoms with Crippen LogP contribution in [0.3, 0.4) is 0 Å². The Bertz CT molecular complexity index is 1280. The van der Waals surface area contributed by atoms with E-state index in [2.05, 4.69) is 88.0 Å². The fourth-order valence-corrected chi connectivity index (χ4v) is 5.16. The van der Waals surface area contributed by atoms with Crippen LogP contribution < -0.4 is 5.32 Å². The molecule has 2 atom stereocenters. The highest BCUT2D eigenvalue weighted by atomic mass is 32.1. The Labute approximate surface area is 200 Å². The van der Waals surface area contributed by atoms with E-state index in [1.807, 2.05) is 30.6 Å². The van der Waals surface area contributed by atoms with Gasteiger partial charge in [0.15, 0.2) is 5.11 Å². The summed E-state index contributed by atoms with van der Waals surface area (Å²) in [7, 11) is 0. The summed E-state index contributed by atoms with van der Waals surface area (Å²) in [5.41, 5.74) is 8.20. The summed E-state index contributed by atoms with van der Waals surface area (Å²) in [5.74, 6) is 0. The second-order valence-electron chi connectivity index (χ2n) is 8.62. The molecule has 6 heteroatoms. The van der Waals surface area contributed by atoms with Gasteiger partial charge in [0, 0.05) is 42.2 Å². The van der Waals surface area contributed by atoms with E-state index in [-0.39, 0.29) is 12.1 Å². The molecule has 0 unspecified atom stereocenters. The number of aryl methyl sites for hydroxylation is 2. The molecule has 5 rings (SSSR count). The summed E-state index contributed by atoms with van der Waals surface area (Å²) < 4.78 is 2.33. The van der Waals surface area contributed by atoms with Crippen molar-refractivity contribution in [2.24, 2.45) is 0 Å². The SMILES string of the molecule is Cc1cccc(-n2c(C)cc([C@@H]3[C@H](c4ccccn4)NC(=S)N3Cc3cccnc3)c2C)c1. The lowest BCUT2D eigenvalue weighted by molar-refractivity contribution is 0.310. The molecule has 0 amide bonds. The van der Waals surface area contributed by atoms with Crippen LogP contribution in [0, 0.1) is 20.8 Å². The first-order valence-corrected chi connectivity index (χ1v) is 11.6. The Kier molecular flexibility index (Phi) is 5.68. The third-order valence-corrected chi connectivity index (χ3v) is 6.67. The van der Waals surface area contributed by atoms with Crippen LogP contribution in [0.2, 0.25) is 0 Å². The number of rotatable bonds is 5. The van der Waals surface area contributed by atoms with Crippen molar-refractivity contribution in [3.63, 3.8) is 0 Å². The largest absolute Gasteiger partial charge is 0.352 e. The van der Waals surface area contributed by atoms with Gasteiger partial charge in [0.05, 0.1) is 17.8 Å². The molecule has 0 spiro atoms. The quantitative estimate of drug-likeness (QED) is 0.412. The average molecular weight is 454 g/mol. The molecule has 3 aromatic heterocycles. The molecule has 166 valence electrons. The summed E-state index contributed by atoms with van der Waals surface area (Å²) in [5, 5.41) is 4.30. The minimum absolute atomic E-state index is 0.0114. The number of thiocarbonyl (C=S) groups is 1. The molecule has 5 nitrogen and oxygen atoms in total. The second kappa shape index (κ2) is 8.79. The van der Waals surface area contributed by atoms with Gasteiger partial charge in [-0.2, -0.15) is 0 Å². The van der Waals surface area contributed by atoms with E-state index in [0.717, 1.165) is 16.4 Å². The van der Waals surface area contributed by atoms with E-state index < -0.39 is 0 Å². The van der Waals surface area contributed by atoms with E-state index in [1.165, 1.54) is 28.2 Å². The predicted octanol–water partition coefficient (Wildman–Crippen LogP) is 5.37. The predicted molar refractivity (Wildman–Crippen MR) is 135 cm³/mol. The summed E-state index contributed by atoms with van der Waals surface area (Å²) in [6, 6.07) is 21.0. The lowest BCUT2D eigenvalue weighted by atomic mass is 9.96. The summed E-state index contributed by atoms with van der Waals surface area (Å²) in [4.78, 5) is 11.2. The molecule has 1 N–H and O–H groups in total. The normalized spacial score (nSPS) is 17.9. The average Bonchev–Trinajstić information content (AvgIpc) is 3.30. The number of nitrogens with zero attached hydrogens (tertiary/aromatic N) is 4. The van der Waals surface area contributed by atoms with Crippen molar-refractivity contribution in [2.45, 2.75) is 39.4 Å². The van der Waals surface area contributed by atoms with Gasteiger partial charge in [0.1, 0.15) is 0 Å². The molecule has 0 radical (unpaired) electrons. The van der Waals surface area contributed by atoms with Gasteiger partial charge in [-0.1, -0.05) is 24.3 Å². The lowest BCUT2D eigenvalue weighted by Crippen LogP contribution is -2.29. The number of pyridine rings is 2. The third kappa shape index (κ3) is 4.02. The summed E-state index contributed by atoms with van der Waals surface area (Å²) in [6.07, 6.45) is 5.55. The lowest BCUT2D eigenvalue weighted by Gasteiger charge is -2.28. The monoisotopic (exact) mass is 453 g/mol. The highest BCUT2D eigenvalue weighted by Gasteiger charge is 2.41. The molecule has 0 bridgehead atoms. The van der Waals surface area contributed by atoms with Crippen LogP contribution in [-0.2, 0) is 6.54 Å². The Balaban J connectivity index is 1.62. The molecule has 1 aliphatic heterocycles. The zero-order valence-electron chi connectivity index (χ0n) is 19.1. The van der Waals surface area contributed by atoms with Gasteiger partial charge in [-0.3, -0.25) is 9.97 Å². The minimum Gasteiger partial charge on any atom is -0.352 e. The van der Waals surface area contributed by atoms with E-state index in [1.54, 1.807) is 6.20 Å². The Morgan fingerprint density at radius 1 is 0.970 bits per heavy atom. The van der Waals surface area contributed by atoms with Crippen molar-refractivity contribution in [1.29, 1.82) is 0 Å². The Morgan fingerprint density at radius 3 is 2.58 bits per heavy atom. The van der Waals surface area contributed by atoms with Crippen LogP contribution in [0.15, 0.2) is 79.3 Å². The number of hydrogen-bond donors (Lipinski definition) is 1. The topological polar surface area (TPSA) is 46.0 Å². The maximum absolute atomic E-state index is 5.85. The smallest absolute Gasteiger partial charge is 0.170 e. The number of hydrogen-bond acceptors (Lipinski definition) is 3. The van der Waals surface area contributed by atoms with Crippen LogP contribution >= 0.6 is 12.2 Å². The third-order valence-electron chi connectivity index (χ3n) is 6.32. The molecule has 33 heavy (non-hydrogen) atoms. The molecule has 4 heterocycles. The number of benzene rings is 1. The second-order valence-corrected chi connectivity index (χ2v) is 9.00. The maximum Gasteiger partial charge on any atom is 0.170 e. The molecule has 0 aliphatic carbocycles. The molecular weight excluding hydrogens is 426 g/mol. The van der Waals surface area contributed by atoms with Gasteiger partial charge < -0.3 is 14.8 Å². The van der Waals surface area contributed by atoms with Crippen LogP contribution in [0.4, 0.5) is 0 Å². The maximum atomic E-state index is 5.85.